The van der Waals surface area contributed by atoms with Crippen molar-refractivity contribution in [2.45, 2.75) is 103 Å². The summed E-state index contributed by atoms with van der Waals surface area (Å²) in [4.78, 5) is 0. The normalized spacial score (nSPS) is 16.3. The third-order valence-electron chi connectivity index (χ3n) is 4.68. The number of aliphatic hydroxyl groups is 1. The molecule has 23 heavy (non-hydrogen) atoms. The standard InChI is InChI=1S/C20H40O2Si/c1-8-10-12-14-16-18(21)19(17-15-13-11-9-2)22-23(6,7)20(3,4)5/h14-19,21H,8-13H2,1-7H3/b16-14+,17-15+/t18-,19-/m0/s1. The molecule has 0 heterocycles. The monoisotopic (exact) mass is 340 g/mol. The van der Waals surface area contributed by atoms with Crippen molar-refractivity contribution < 1.29 is 9.53 Å². The van der Waals surface area contributed by atoms with Crippen LogP contribution in [-0.4, -0.2) is 25.6 Å². The topological polar surface area (TPSA) is 29.5 Å². The quantitative estimate of drug-likeness (QED) is 0.274. The minimum atomic E-state index is -1.90. The molecule has 0 aliphatic rings. The lowest BCUT2D eigenvalue weighted by Crippen LogP contribution is -2.46. The Balaban J connectivity index is 4.93. The fourth-order valence-corrected chi connectivity index (χ4v) is 3.21. The Labute approximate surface area is 146 Å². The summed E-state index contributed by atoms with van der Waals surface area (Å²) in [5.74, 6) is 0. The number of hydrogen-bond acceptors (Lipinski definition) is 2. The van der Waals surface area contributed by atoms with E-state index in [4.69, 9.17) is 4.43 Å². The van der Waals surface area contributed by atoms with Gasteiger partial charge in [-0.15, -0.1) is 0 Å². The van der Waals surface area contributed by atoms with Gasteiger partial charge in [-0.2, -0.15) is 0 Å². The molecule has 2 nitrogen and oxygen atoms in total. The second-order valence-electron chi connectivity index (χ2n) is 7.97. The van der Waals surface area contributed by atoms with Crippen molar-refractivity contribution in [2.75, 3.05) is 0 Å². The van der Waals surface area contributed by atoms with Crippen LogP contribution in [0.1, 0.15) is 73.1 Å². The molecule has 136 valence electrons. The van der Waals surface area contributed by atoms with Gasteiger partial charge in [0.15, 0.2) is 8.32 Å². The zero-order valence-corrected chi connectivity index (χ0v) is 17.6. The Bertz CT molecular complexity index is 353. The van der Waals surface area contributed by atoms with Gasteiger partial charge in [0.1, 0.15) is 6.10 Å². The maximum atomic E-state index is 10.6. The van der Waals surface area contributed by atoms with Crippen LogP contribution in [0.15, 0.2) is 24.3 Å². The lowest BCUT2D eigenvalue weighted by atomic mass is 10.1. The Morgan fingerprint density at radius 3 is 1.87 bits per heavy atom. The van der Waals surface area contributed by atoms with Crippen molar-refractivity contribution in [3.8, 4) is 0 Å². The Morgan fingerprint density at radius 1 is 0.957 bits per heavy atom. The smallest absolute Gasteiger partial charge is 0.193 e. The first-order valence-electron chi connectivity index (χ1n) is 9.35. The van der Waals surface area contributed by atoms with Gasteiger partial charge in [-0.1, -0.05) is 84.6 Å². The summed E-state index contributed by atoms with van der Waals surface area (Å²) in [5.41, 5.74) is 0. The number of allylic oxidation sites excluding steroid dienone is 2. The highest BCUT2D eigenvalue weighted by Gasteiger charge is 2.39. The SMILES string of the molecule is CCCC/C=C/[C@H](O[Si](C)(C)C(C)(C)C)[C@@H](O)/C=C/CCCC. The Kier molecular flexibility index (Phi) is 11.0. The second-order valence-corrected chi connectivity index (χ2v) is 12.7. The molecule has 0 fully saturated rings. The van der Waals surface area contributed by atoms with Gasteiger partial charge < -0.3 is 9.53 Å². The number of hydrogen-bond donors (Lipinski definition) is 1. The fourth-order valence-electron chi connectivity index (χ4n) is 1.96. The van der Waals surface area contributed by atoms with Crippen molar-refractivity contribution in [1.29, 1.82) is 0 Å². The molecule has 2 atom stereocenters. The fraction of sp³-hybridized carbons (Fsp3) is 0.800. The van der Waals surface area contributed by atoms with Gasteiger partial charge in [-0.3, -0.25) is 0 Å². The van der Waals surface area contributed by atoms with Crippen LogP contribution in [0.5, 0.6) is 0 Å². The van der Waals surface area contributed by atoms with Crippen LogP contribution in [0.3, 0.4) is 0 Å². The predicted octanol–water partition coefficient (Wildman–Crippen LogP) is 6.23. The molecule has 0 aliphatic heterocycles. The van der Waals surface area contributed by atoms with Gasteiger partial charge in [-0.05, 0) is 31.0 Å². The Hall–Kier alpha value is -0.383. The molecule has 0 saturated heterocycles. The first-order chi connectivity index (χ1) is 10.7. The zero-order chi connectivity index (χ0) is 17.9. The van der Waals surface area contributed by atoms with Crippen molar-refractivity contribution in [3.05, 3.63) is 24.3 Å². The van der Waals surface area contributed by atoms with E-state index in [1.165, 1.54) is 25.7 Å². The summed E-state index contributed by atoms with van der Waals surface area (Å²) in [5, 5.41) is 10.7. The number of aliphatic hydroxyl groups excluding tert-OH is 1. The molecule has 0 aliphatic carbocycles. The summed E-state index contributed by atoms with van der Waals surface area (Å²) in [7, 11) is -1.90. The van der Waals surface area contributed by atoms with Crippen LogP contribution in [0, 0.1) is 0 Å². The molecule has 0 bridgehead atoms. The third-order valence-corrected chi connectivity index (χ3v) is 9.16. The van der Waals surface area contributed by atoms with Crippen LogP contribution in [-0.2, 0) is 4.43 Å². The zero-order valence-electron chi connectivity index (χ0n) is 16.6. The van der Waals surface area contributed by atoms with E-state index >= 15 is 0 Å². The molecule has 0 aromatic heterocycles. The van der Waals surface area contributed by atoms with Crippen LogP contribution in [0.4, 0.5) is 0 Å². The highest BCUT2D eigenvalue weighted by atomic mass is 28.4. The largest absolute Gasteiger partial charge is 0.408 e. The summed E-state index contributed by atoms with van der Waals surface area (Å²) in [6.07, 6.45) is 14.3. The summed E-state index contributed by atoms with van der Waals surface area (Å²) in [6, 6.07) is 0. The van der Waals surface area contributed by atoms with E-state index in [9.17, 15) is 5.11 Å². The van der Waals surface area contributed by atoms with Crippen LogP contribution in [0.2, 0.25) is 18.1 Å². The molecule has 0 aromatic rings. The van der Waals surface area contributed by atoms with E-state index in [1.807, 2.05) is 6.08 Å². The van der Waals surface area contributed by atoms with Crippen LogP contribution in [0.25, 0.3) is 0 Å². The van der Waals surface area contributed by atoms with E-state index in [0.717, 1.165) is 12.8 Å². The third kappa shape index (κ3) is 9.48. The van der Waals surface area contributed by atoms with Crippen LogP contribution < -0.4 is 0 Å². The maximum absolute atomic E-state index is 10.6. The molecule has 0 amide bonds. The molecule has 1 N–H and O–H groups in total. The first-order valence-corrected chi connectivity index (χ1v) is 12.3. The van der Waals surface area contributed by atoms with E-state index in [-0.39, 0.29) is 11.1 Å². The van der Waals surface area contributed by atoms with E-state index in [0.29, 0.717) is 0 Å². The highest BCUT2D eigenvalue weighted by molar-refractivity contribution is 6.74. The van der Waals surface area contributed by atoms with Gasteiger partial charge in [0, 0.05) is 0 Å². The molecule has 0 radical (unpaired) electrons. The van der Waals surface area contributed by atoms with Crippen LogP contribution >= 0.6 is 0 Å². The average Bonchev–Trinajstić information content (AvgIpc) is 2.45. The molecular weight excluding hydrogens is 300 g/mol. The first kappa shape index (κ1) is 22.6. The van der Waals surface area contributed by atoms with E-state index in [2.05, 4.69) is 65.9 Å². The second kappa shape index (κ2) is 11.2. The molecule has 0 saturated carbocycles. The van der Waals surface area contributed by atoms with E-state index < -0.39 is 14.4 Å². The van der Waals surface area contributed by atoms with Gasteiger partial charge in [-0.25, -0.2) is 0 Å². The van der Waals surface area contributed by atoms with Gasteiger partial charge in [0.25, 0.3) is 0 Å². The summed E-state index contributed by atoms with van der Waals surface area (Å²) >= 11 is 0. The van der Waals surface area contributed by atoms with Crippen molar-refractivity contribution in [3.63, 3.8) is 0 Å². The summed E-state index contributed by atoms with van der Waals surface area (Å²) < 4.78 is 6.45. The van der Waals surface area contributed by atoms with Gasteiger partial charge in [0.05, 0.1) is 6.10 Å². The molecule has 0 aromatic carbocycles. The predicted molar refractivity (Wildman–Crippen MR) is 105 cm³/mol. The average molecular weight is 341 g/mol. The molecular formula is C20H40O2Si. The van der Waals surface area contributed by atoms with Crippen molar-refractivity contribution in [2.24, 2.45) is 0 Å². The maximum Gasteiger partial charge on any atom is 0.193 e. The van der Waals surface area contributed by atoms with E-state index in [1.54, 1.807) is 0 Å². The lowest BCUT2D eigenvalue weighted by Gasteiger charge is -2.39. The minimum absolute atomic E-state index is 0.147. The summed E-state index contributed by atoms with van der Waals surface area (Å²) in [6.45, 7) is 15.6. The number of unbranched alkanes of at least 4 members (excludes halogenated alkanes) is 4. The molecule has 0 spiro atoms. The van der Waals surface area contributed by atoms with Crippen molar-refractivity contribution >= 4 is 8.32 Å². The molecule has 0 unspecified atom stereocenters. The lowest BCUT2D eigenvalue weighted by molar-refractivity contribution is 0.0871. The number of rotatable bonds is 11. The van der Waals surface area contributed by atoms with Gasteiger partial charge in [0.2, 0.25) is 0 Å². The minimum Gasteiger partial charge on any atom is -0.408 e. The molecule has 3 heteroatoms. The van der Waals surface area contributed by atoms with Crippen molar-refractivity contribution in [1.82, 2.24) is 0 Å². The van der Waals surface area contributed by atoms with Gasteiger partial charge >= 0.3 is 0 Å². The highest BCUT2D eigenvalue weighted by Crippen LogP contribution is 2.37. The molecule has 0 rings (SSSR count). The Morgan fingerprint density at radius 2 is 1.43 bits per heavy atom.